The van der Waals surface area contributed by atoms with E-state index < -0.39 is 5.97 Å². The third-order valence-corrected chi connectivity index (χ3v) is 3.08. The summed E-state index contributed by atoms with van der Waals surface area (Å²) in [5, 5.41) is 12.5. The van der Waals surface area contributed by atoms with Crippen LogP contribution in [0.3, 0.4) is 0 Å². The SMILES string of the molecule is O=C(O)CCCCc1nc(-c2ccsc2)co1. The molecule has 4 nitrogen and oxygen atoms in total. The van der Waals surface area contributed by atoms with Crippen LogP contribution in [0, 0.1) is 0 Å². The van der Waals surface area contributed by atoms with E-state index in [9.17, 15) is 4.79 Å². The van der Waals surface area contributed by atoms with E-state index in [1.807, 2.05) is 16.8 Å². The molecule has 0 saturated carbocycles. The molecule has 2 heterocycles. The highest BCUT2D eigenvalue weighted by Crippen LogP contribution is 2.21. The fraction of sp³-hybridized carbons (Fsp3) is 0.333. The van der Waals surface area contributed by atoms with Crippen molar-refractivity contribution in [2.45, 2.75) is 25.7 Å². The molecule has 0 aromatic carbocycles. The van der Waals surface area contributed by atoms with Gasteiger partial charge in [-0.3, -0.25) is 4.79 Å². The number of aromatic nitrogens is 1. The van der Waals surface area contributed by atoms with Crippen molar-refractivity contribution in [2.75, 3.05) is 0 Å². The Hall–Kier alpha value is -1.62. The molecule has 2 aromatic heterocycles. The van der Waals surface area contributed by atoms with E-state index in [1.165, 1.54) is 0 Å². The lowest BCUT2D eigenvalue weighted by atomic mass is 10.2. The topological polar surface area (TPSA) is 63.3 Å². The third kappa shape index (κ3) is 3.42. The summed E-state index contributed by atoms with van der Waals surface area (Å²) in [5.74, 6) is -0.0760. The fourth-order valence-corrected chi connectivity index (χ4v) is 2.17. The summed E-state index contributed by atoms with van der Waals surface area (Å²) < 4.78 is 5.34. The van der Waals surface area contributed by atoms with Gasteiger partial charge in [0.15, 0.2) is 5.89 Å². The maximum absolute atomic E-state index is 10.3. The van der Waals surface area contributed by atoms with Crippen LogP contribution in [0.2, 0.25) is 0 Å². The number of oxazole rings is 1. The van der Waals surface area contributed by atoms with Gasteiger partial charge >= 0.3 is 5.97 Å². The van der Waals surface area contributed by atoms with Crippen LogP contribution in [0.5, 0.6) is 0 Å². The monoisotopic (exact) mass is 251 g/mol. The lowest BCUT2D eigenvalue weighted by Crippen LogP contribution is -1.95. The Bertz CT molecular complexity index is 476. The second-order valence-corrected chi connectivity index (χ2v) is 4.52. The summed E-state index contributed by atoms with van der Waals surface area (Å²) in [5.41, 5.74) is 1.91. The molecule has 90 valence electrons. The molecule has 0 fully saturated rings. The van der Waals surface area contributed by atoms with Crippen LogP contribution in [0.15, 0.2) is 27.5 Å². The number of carboxylic acids is 1. The predicted octanol–water partition coefficient (Wildman–Crippen LogP) is 3.20. The highest BCUT2D eigenvalue weighted by molar-refractivity contribution is 7.08. The molecule has 2 aromatic rings. The van der Waals surface area contributed by atoms with Gasteiger partial charge in [-0.15, -0.1) is 0 Å². The zero-order chi connectivity index (χ0) is 12.1. The second kappa shape index (κ2) is 5.63. The van der Waals surface area contributed by atoms with Crippen LogP contribution in [0.4, 0.5) is 0 Å². The van der Waals surface area contributed by atoms with E-state index >= 15 is 0 Å². The normalized spacial score (nSPS) is 10.6. The molecule has 5 heteroatoms. The molecule has 2 rings (SSSR count). The molecule has 0 radical (unpaired) electrons. The zero-order valence-electron chi connectivity index (χ0n) is 9.26. The summed E-state index contributed by atoms with van der Waals surface area (Å²) >= 11 is 1.62. The van der Waals surface area contributed by atoms with Crippen molar-refractivity contribution in [3.63, 3.8) is 0 Å². The Balaban J connectivity index is 1.84. The van der Waals surface area contributed by atoms with E-state index in [1.54, 1.807) is 17.6 Å². The van der Waals surface area contributed by atoms with Crippen molar-refractivity contribution in [3.05, 3.63) is 29.0 Å². The molecule has 0 aliphatic carbocycles. The van der Waals surface area contributed by atoms with Gasteiger partial charge in [-0.05, 0) is 24.3 Å². The molecule has 0 bridgehead atoms. The number of aryl methyl sites for hydroxylation is 1. The minimum absolute atomic E-state index is 0.206. The smallest absolute Gasteiger partial charge is 0.303 e. The van der Waals surface area contributed by atoms with Gasteiger partial charge in [0.25, 0.3) is 0 Å². The Kier molecular flexibility index (Phi) is 3.93. The Labute approximate surface area is 103 Å². The second-order valence-electron chi connectivity index (χ2n) is 3.74. The van der Waals surface area contributed by atoms with Gasteiger partial charge < -0.3 is 9.52 Å². The predicted molar refractivity (Wildman–Crippen MR) is 65.0 cm³/mol. The van der Waals surface area contributed by atoms with Crippen molar-refractivity contribution in [1.29, 1.82) is 0 Å². The highest BCUT2D eigenvalue weighted by Gasteiger charge is 2.06. The van der Waals surface area contributed by atoms with Crippen LogP contribution < -0.4 is 0 Å². The number of thiophene rings is 1. The van der Waals surface area contributed by atoms with Gasteiger partial charge in [0.05, 0.1) is 0 Å². The first-order valence-electron chi connectivity index (χ1n) is 5.44. The van der Waals surface area contributed by atoms with Gasteiger partial charge in [0.2, 0.25) is 0 Å². The lowest BCUT2D eigenvalue weighted by Gasteiger charge is -1.94. The molecule has 0 spiro atoms. The van der Waals surface area contributed by atoms with Crippen LogP contribution in [-0.2, 0) is 11.2 Å². The van der Waals surface area contributed by atoms with Crippen LogP contribution >= 0.6 is 11.3 Å². The largest absolute Gasteiger partial charge is 0.481 e. The number of carbonyl (C=O) groups is 1. The summed E-state index contributed by atoms with van der Waals surface area (Å²) in [4.78, 5) is 14.7. The number of unbranched alkanes of at least 4 members (excludes halogenated alkanes) is 1. The van der Waals surface area contributed by atoms with E-state index in [-0.39, 0.29) is 6.42 Å². The zero-order valence-corrected chi connectivity index (χ0v) is 10.1. The van der Waals surface area contributed by atoms with Crippen LogP contribution in [0.25, 0.3) is 11.3 Å². The van der Waals surface area contributed by atoms with Gasteiger partial charge in [-0.1, -0.05) is 0 Å². The van der Waals surface area contributed by atoms with Crippen molar-refractivity contribution < 1.29 is 14.3 Å². The van der Waals surface area contributed by atoms with Crippen molar-refractivity contribution in [3.8, 4) is 11.3 Å². The van der Waals surface area contributed by atoms with E-state index in [0.717, 1.165) is 17.7 Å². The fourth-order valence-electron chi connectivity index (χ4n) is 1.52. The number of hydrogen-bond acceptors (Lipinski definition) is 4. The number of nitrogens with zero attached hydrogens (tertiary/aromatic N) is 1. The molecule has 0 amide bonds. The molecule has 0 unspecified atom stereocenters. The van der Waals surface area contributed by atoms with E-state index in [2.05, 4.69) is 4.98 Å². The number of carboxylic acid groups (broad SMARTS) is 1. The van der Waals surface area contributed by atoms with E-state index in [0.29, 0.717) is 18.7 Å². The molecule has 17 heavy (non-hydrogen) atoms. The maximum Gasteiger partial charge on any atom is 0.303 e. The number of rotatable bonds is 6. The Morgan fingerprint density at radius 2 is 2.35 bits per heavy atom. The molecular weight excluding hydrogens is 238 g/mol. The summed E-state index contributed by atoms with van der Waals surface area (Å²) in [6, 6.07) is 2.00. The minimum atomic E-state index is -0.753. The standard InChI is InChI=1S/C12H13NO3S/c14-12(15)4-2-1-3-11-13-10(7-16-11)9-5-6-17-8-9/h5-8H,1-4H2,(H,14,15). The Morgan fingerprint density at radius 1 is 1.47 bits per heavy atom. The minimum Gasteiger partial charge on any atom is -0.481 e. The van der Waals surface area contributed by atoms with Crippen LogP contribution in [0.1, 0.15) is 25.2 Å². The van der Waals surface area contributed by atoms with Gasteiger partial charge in [-0.25, -0.2) is 4.98 Å². The van der Waals surface area contributed by atoms with Crippen molar-refractivity contribution in [1.82, 2.24) is 4.98 Å². The molecule has 0 saturated heterocycles. The summed E-state index contributed by atoms with van der Waals surface area (Å²) in [7, 11) is 0. The van der Waals surface area contributed by atoms with Gasteiger partial charge in [-0.2, -0.15) is 11.3 Å². The Morgan fingerprint density at radius 3 is 3.06 bits per heavy atom. The summed E-state index contributed by atoms with van der Waals surface area (Å²) in [6.45, 7) is 0. The average Bonchev–Trinajstić information content (AvgIpc) is 2.94. The first kappa shape index (κ1) is 11.9. The highest BCUT2D eigenvalue weighted by atomic mass is 32.1. The van der Waals surface area contributed by atoms with Gasteiger partial charge in [0, 0.05) is 23.8 Å². The maximum atomic E-state index is 10.3. The first-order chi connectivity index (χ1) is 8.25. The van der Waals surface area contributed by atoms with E-state index in [4.69, 9.17) is 9.52 Å². The molecule has 0 aliphatic heterocycles. The quantitative estimate of drug-likeness (QED) is 0.801. The summed E-state index contributed by atoms with van der Waals surface area (Å²) in [6.07, 6.45) is 3.99. The number of aliphatic carboxylic acids is 1. The molecule has 1 N–H and O–H groups in total. The first-order valence-corrected chi connectivity index (χ1v) is 6.39. The lowest BCUT2D eigenvalue weighted by molar-refractivity contribution is -0.137. The molecule has 0 atom stereocenters. The van der Waals surface area contributed by atoms with Crippen LogP contribution in [-0.4, -0.2) is 16.1 Å². The average molecular weight is 251 g/mol. The van der Waals surface area contributed by atoms with Crippen molar-refractivity contribution in [2.24, 2.45) is 0 Å². The molecular formula is C12H13NO3S. The third-order valence-electron chi connectivity index (χ3n) is 2.40. The van der Waals surface area contributed by atoms with Crippen molar-refractivity contribution >= 4 is 17.3 Å². The molecule has 0 aliphatic rings. The number of hydrogen-bond donors (Lipinski definition) is 1. The van der Waals surface area contributed by atoms with Gasteiger partial charge in [0.1, 0.15) is 12.0 Å².